The van der Waals surface area contributed by atoms with E-state index in [4.69, 9.17) is 10.7 Å². The average molecular weight is 328 g/mol. The fourth-order valence-electron chi connectivity index (χ4n) is 2.20. The maximum absolute atomic E-state index is 12.5. The number of nitrogens with zero attached hydrogens (tertiary/aromatic N) is 1. The van der Waals surface area contributed by atoms with E-state index in [0.717, 1.165) is 0 Å². The quantitative estimate of drug-likeness (QED) is 0.743. The van der Waals surface area contributed by atoms with E-state index in [0.29, 0.717) is 5.56 Å². The zero-order chi connectivity index (χ0) is 15.1. The highest BCUT2D eigenvalue weighted by atomic mass is 35.7. The normalized spacial score (nSPS) is 19.6. The third-order valence-corrected chi connectivity index (χ3v) is 4.54. The maximum Gasteiger partial charge on any atom is 0.471 e. The van der Waals surface area contributed by atoms with Crippen molar-refractivity contribution in [1.29, 1.82) is 0 Å². The number of carbonyl (C=O) groups is 1. The van der Waals surface area contributed by atoms with E-state index in [1.54, 1.807) is 12.1 Å². The van der Waals surface area contributed by atoms with Crippen LogP contribution in [0, 0.1) is 0 Å². The van der Waals surface area contributed by atoms with E-state index in [1.807, 2.05) is 0 Å². The summed E-state index contributed by atoms with van der Waals surface area (Å²) in [6.07, 6.45) is -5.01. The fraction of sp³-hybridized carbons (Fsp3) is 0.364. The summed E-state index contributed by atoms with van der Waals surface area (Å²) in [5.74, 6) is -2.21. The highest BCUT2D eigenvalue weighted by Gasteiger charge is 2.49. The molecule has 20 heavy (non-hydrogen) atoms. The van der Waals surface area contributed by atoms with Gasteiger partial charge in [0.15, 0.2) is 5.37 Å². The van der Waals surface area contributed by atoms with Crippen molar-refractivity contribution in [3.63, 3.8) is 0 Å². The molecule has 1 aliphatic heterocycles. The van der Waals surface area contributed by atoms with Crippen LogP contribution < -0.4 is 0 Å². The van der Waals surface area contributed by atoms with Crippen molar-refractivity contribution in [1.82, 2.24) is 4.90 Å². The molecule has 0 saturated carbocycles. The van der Waals surface area contributed by atoms with Crippen molar-refractivity contribution in [3.05, 3.63) is 35.4 Å². The second-order valence-electron chi connectivity index (χ2n) is 4.27. The molecule has 1 aromatic rings. The van der Waals surface area contributed by atoms with E-state index in [1.165, 1.54) is 12.1 Å². The minimum absolute atomic E-state index is 0.103. The molecular formula is C11H9ClF3NO3S. The standard InChI is InChI=1S/C11H9ClF3NO3S/c12-20(18,19)9-8-4-2-1-3-7(8)5-6-16(9)10(17)11(13,14)15/h1-4,9H,5-6H2. The van der Waals surface area contributed by atoms with Gasteiger partial charge in [0, 0.05) is 17.2 Å². The Hall–Kier alpha value is -1.28. The summed E-state index contributed by atoms with van der Waals surface area (Å²) in [7, 11) is 0.823. The summed E-state index contributed by atoms with van der Waals surface area (Å²) in [6, 6.07) is 6.07. The molecule has 0 aliphatic carbocycles. The molecule has 1 heterocycles. The van der Waals surface area contributed by atoms with Gasteiger partial charge in [-0.05, 0) is 17.5 Å². The van der Waals surface area contributed by atoms with Crippen LogP contribution in [-0.2, 0) is 20.3 Å². The lowest BCUT2D eigenvalue weighted by Crippen LogP contribution is -2.48. The lowest BCUT2D eigenvalue weighted by atomic mass is 9.99. The molecule has 1 amide bonds. The molecule has 4 nitrogen and oxygen atoms in total. The largest absolute Gasteiger partial charge is 0.471 e. The van der Waals surface area contributed by atoms with Gasteiger partial charge in [-0.25, -0.2) is 8.42 Å². The van der Waals surface area contributed by atoms with Crippen molar-refractivity contribution in [3.8, 4) is 0 Å². The molecule has 0 spiro atoms. The number of rotatable bonds is 1. The number of fused-ring (bicyclic) bond motifs is 1. The van der Waals surface area contributed by atoms with E-state index < -0.39 is 26.5 Å². The van der Waals surface area contributed by atoms with Gasteiger partial charge >= 0.3 is 12.1 Å². The average Bonchev–Trinajstić information content (AvgIpc) is 2.34. The molecule has 0 saturated heterocycles. The molecule has 0 fully saturated rings. The number of amides is 1. The van der Waals surface area contributed by atoms with Crippen LogP contribution in [0.4, 0.5) is 13.2 Å². The third kappa shape index (κ3) is 2.76. The van der Waals surface area contributed by atoms with Crippen LogP contribution in [0.25, 0.3) is 0 Å². The Morgan fingerprint density at radius 3 is 2.45 bits per heavy atom. The molecule has 0 aromatic heterocycles. The van der Waals surface area contributed by atoms with Crippen LogP contribution in [0.15, 0.2) is 24.3 Å². The van der Waals surface area contributed by atoms with Crippen molar-refractivity contribution < 1.29 is 26.4 Å². The predicted molar refractivity (Wildman–Crippen MR) is 65.4 cm³/mol. The van der Waals surface area contributed by atoms with E-state index >= 15 is 0 Å². The number of hydrogen-bond donors (Lipinski definition) is 0. The van der Waals surface area contributed by atoms with Crippen molar-refractivity contribution >= 4 is 25.6 Å². The van der Waals surface area contributed by atoms with Gasteiger partial charge < -0.3 is 4.90 Å². The van der Waals surface area contributed by atoms with Gasteiger partial charge in [-0.2, -0.15) is 13.2 Å². The lowest BCUT2D eigenvalue weighted by molar-refractivity contribution is -0.186. The van der Waals surface area contributed by atoms with Crippen LogP contribution in [0.1, 0.15) is 16.5 Å². The van der Waals surface area contributed by atoms with Gasteiger partial charge in [0.2, 0.25) is 0 Å². The van der Waals surface area contributed by atoms with E-state index in [2.05, 4.69) is 0 Å². The molecule has 0 radical (unpaired) electrons. The Kier molecular flexibility index (Phi) is 3.72. The van der Waals surface area contributed by atoms with E-state index in [9.17, 15) is 26.4 Å². The second-order valence-corrected chi connectivity index (χ2v) is 6.96. The first-order valence-corrected chi connectivity index (χ1v) is 7.88. The number of halogens is 4. The minimum Gasteiger partial charge on any atom is -0.313 e. The first kappa shape index (κ1) is 15.1. The highest BCUT2D eigenvalue weighted by Crippen LogP contribution is 2.38. The molecular weight excluding hydrogens is 319 g/mol. The second kappa shape index (κ2) is 4.92. The van der Waals surface area contributed by atoms with Gasteiger partial charge in [0.05, 0.1) is 0 Å². The van der Waals surface area contributed by atoms with Gasteiger partial charge in [0.1, 0.15) is 0 Å². The van der Waals surface area contributed by atoms with Gasteiger partial charge in [-0.3, -0.25) is 4.79 Å². The minimum atomic E-state index is -5.15. The summed E-state index contributed by atoms with van der Waals surface area (Å²) < 4.78 is 60.8. The Labute approximate surface area is 117 Å². The third-order valence-electron chi connectivity index (χ3n) is 3.00. The Morgan fingerprint density at radius 2 is 1.90 bits per heavy atom. The van der Waals surface area contributed by atoms with Crippen molar-refractivity contribution in [2.75, 3.05) is 6.54 Å². The van der Waals surface area contributed by atoms with Crippen LogP contribution in [0.2, 0.25) is 0 Å². The monoisotopic (exact) mass is 327 g/mol. The molecule has 1 aliphatic rings. The van der Waals surface area contributed by atoms with Crippen LogP contribution >= 0.6 is 10.7 Å². The van der Waals surface area contributed by atoms with Crippen LogP contribution in [0.5, 0.6) is 0 Å². The molecule has 110 valence electrons. The Morgan fingerprint density at radius 1 is 1.30 bits per heavy atom. The summed E-state index contributed by atoms with van der Waals surface area (Å²) in [6.45, 7) is -0.355. The smallest absolute Gasteiger partial charge is 0.313 e. The predicted octanol–water partition coefficient (Wildman–Crippen LogP) is 2.20. The summed E-state index contributed by atoms with van der Waals surface area (Å²) in [4.78, 5) is 11.6. The van der Waals surface area contributed by atoms with Crippen LogP contribution in [0.3, 0.4) is 0 Å². The first-order valence-electron chi connectivity index (χ1n) is 5.51. The molecule has 2 rings (SSSR count). The molecule has 1 atom stereocenters. The molecule has 1 aromatic carbocycles. The van der Waals surface area contributed by atoms with E-state index in [-0.39, 0.29) is 23.4 Å². The van der Waals surface area contributed by atoms with Gasteiger partial charge in [-0.1, -0.05) is 24.3 Å². The SMILES string of the molecule is O=C(N1CCc2ccccc2C1S(=O)(=O)Cl)C(F)(F)F. The number of benzene rings is 1. The summed E-state index contributed by atoms with van der Waals surface area (Å²) in [5, 5.41) is -1.82. The summed E-state index contributed by atoms with van der Waals surface area (Å²) >= 11 is 0. The molecule has 9 heteroatoms. The first-order chi connectivity index (χ1) is 9.12. The molecule has 0 N–H and O–H groups in total. The number of carbonyl (C=O) groups excluding carboxylic acids is 1. The van der Waals surface area contributed by atoms with Gasteiger partial charge in [0.25, 0.3) is 9.05 Å². The molecule has 1 unspecified atom stereocenters. The Bertz CT molecular complexity index is 645. The fourth-order valence-corrected chi connectivity index (χ4v) is 3.82. The lowest BCUT2D eigenvalue weighted by Gasteiger charge is -2.35. The van der Waals surface area contributed by atoms with Crippen molar-refractivity contribution in [2.24, 2.45) is 0 Å². The number of hydrogen-bond acceptors (Lipinski definition) is 3. The maximum atomic E-state index is 12.5. The molecule has 0 bridgehead atoms. The zero-order valence-corrected chi connectivity index (χ0v) is 11.5. The van der Waals surface area contributed by atoms with Gasteiger partial charge in [-0.15, -0.1) is 0 Å². The zero-order valence-electron chi connectivity index (χ0n) is 9.89. The van der Waals surface area contributed by atoms with Crippen molar-refractivity contribution in [2.45, 2.75) is 18.0 Å². The van der Waals surface area contributed by atoms with Crippen LogP contribution in [-0.4, -0.2) is 31.9 Å². The number of alkyl halides is 3. The Balaban J connectivity index is 2.54. The highest BCUT2D eigenvalue weighted by molar-refractivity contribution is 8.13. The summed E-state index contributed by atoms with van der Waals surface area (Å²) in [5.41, 5.74) is 0.666. The topological polar surface area (TPSA) is 54.5 Å².